The Kier molecular flexibility index (Phi) is 4.54. The highest BCUT2D eigenvalue weighted by molar-refractivity contribution is 5.66. The highest BCUT2D eigenvalue weighted by atomic mass is 19.1. The van der Waals surface area contributed by atoms with Gasteiger partial charge in [-0.1, -0.05) is 30.3 Å². The van der Waals surface area contributed by atoms with E-state index in [1.165, 1.54) is 17.6 Å². The van der Waals surface area contributed by atoms with Gasteiger partial charge in [0.05, 0.1) is 0 Å². The molecule has 98 valence electrons. The van der Waals surface area contributed by atoms with E-state index in [1.54, 1.807) is 6.92 Å². The third-order valence-corrected chi connectivity index (χ3v) is 3.84. The second-order valence-corrected chi connectivity index (χ2v) is 5.19. The Morgan fingerprint density at radius 2 is 2.06 bits per heavy atom. The van der Waals surface area contributed by atoms with E-state index in [1.807, 2.05) is 24.3 Å². The van der Waals surface area contributed by atoms with Crippen molar-refractivity contribution < 1.29 is 4.39 Å². The summed E-state index contributed by atoms with van der Waals surface area (Å²) in [5, 5.41) is 0. The van der Waals surface area contributed by atoms with Gasteiger partial charge in [0.1, 0.15) is 6.17 Å². The second kappa shape index (κ2) is 6.14. The van der Waals surface area contributed by atoms with E-state index < -0.39 is 6.17 Å². The molecular formula is C16H22FN. The van der Waals surface area contributed by atoms with Gasteiger partial charge >= 0.3 is 0 Å². The van der Waals surface area contributed by atoms with Crippen LogP contribution in [0.25, 0.3) is 5.57 Å². The zero-order valence-corrected chi connectivity index (χ0v) is 11.0. The molecule has 0 spiro atoms. The molecule has 1 aromatic carbocycles. The number of hydrogen-bond acceptors (Lipinski definition) is 1. The lowest BCUT2D eigenvalue weighted by molar-refractivity contribution is 0.374. The van der Waals surface area contributed by atoms with Crippen LogP contribution < -0.4 is 5.73 Å². The van der Waals surface area contributed by atoms with Gasteiger partial charge in [-0.05, 0) is 61.8 Å². The third-order valence-electron chi connectivity index (χ3n) is 3.84. The molecule has 0 aromatic heterocycles. The fraction of sp³-hybridized carbons (Fsp3) is 0.500. The first-order chi connectivity index (χ1) is 8.70. The molecule has 1 nitrogen and oxygen atoms in total. The van der Waals surface area contributed by atoms with Crippen LogP contribution in [0.2, 0.25) is 0 Å². The molecule has 0 amide bonds. The van der Waals surface area contributed by atoms with Crippen molar-refractivity contribution in [3.8, 4) is 0 Å². The summed E-state index contributed by atoms with van der Waals surface area (Å²) >= 11 is 0. The van der Waals surface area contributed by atoms with Crippen molar-refractivity contribution in [3.63, 3.8) is 0 Å². The van der Waals surface area contributed by atoms with E-state index in [4.69, 9.17) is 5.73 Å². The molecule has 18 heavy (non-hydrogen) atoms. The van der Waals surface area contributed by atoms with Gasteiger partial charge in [-0.2, -0.15) is 0 Å². The Morgan fingerprint density at radius 1 is 1.33 bits per heavy atom. The van der Waals surface area contributed by atoms with Crippen LogP contribution in [0.5, 0.6) is 0 Å². The zero-order valence-electron chi connectivity index (χ0n) is 11.0. The van der Waals surface area contributed by atoms with Crippen molar-refractivity contribution in [1.29, 1.82) is 0 Å². The first kappa shape index (κ1) is 13.3. The molecular weight excluding hydrogens is 225 g/mol. The van der Waals surface area contributed by atoms with E-state index in [9.17, 15) is 4.39 Å². The van der Waals surface area contributed by atoms with Gasteiger partial charge in [-0.15, -0.1) is 0 Å². The fourth-order valence-electron chi connectivity index (χ4n) is 2.61. The number of halogens is 1. The Bertz CT molecular complexity index is 406. The smallest absolute Gasteiger partial charge is 0.122 e. The van der Waals surface area contributed by atoms with Gasteiger partial charge < -0.3 is 5.73 Å². The lowest BCUT2D eigenvalue weighted by atomic mass is 9.85. The Hall–Kier alpha value is -1.15. The van der Waals surface area contributed by atoms with Crippen LogP contribution >= 0.6 is 0 Å². The molecule has 1 aliphatic rings. The quantitative estimate of drug-likeness (QED) is 0.845. The summed E-state index contributed by atoms with van der Waals surface area (Å²) in [5.41, 5.74) is 9.00. The van der Waals surface area contributed by atoms with Crippen LogP contribution in [0, 0.1) is 5.92 Å². The monoisotopic (exact) mass is 247 g/mol. The highest BCUT2D eigenvalue weighted by Gasteiger charge is 2.14. The third kappa shape index (κ3) is 3.20. The van der Waals surface area contributed by atoms with Gasteiger partial charge in [-0.25, -0.2) is 4.39 Å². The zero-order chi connectivity index (χ0) is 13.0. The standard InChI is InChI=1S/C16H22FN/c1-12(17)14-6-8-16(9-7-14)15-4-2-13(3-5-15)10-11-18/h4,6-9,12-13H,2-3,5,10-11,18H2,1H3. The number of benzene rings is 1. The molecule has 0 saturated carbocycles. The van der Waals surface area contributed by atoms with Crippen LogP contribution in [-0.2, 0) is 0 Å². The number of hydrogen-bond donors (Lipinski definition) is 1. The minimum atomic E-state index is -0.881. The molecule has 2 atom stereocenters. The van der Waals surface area contributed by atoms with Gasteiger partial charge in [-0.3, -0.25) is 0 Å². The predicted octanol–water partition coefficient (Wildman–Crippen LogP) is 4.25. The number of nitrogens with two attached hydrogens (primary N) is 1. The van der Waals surface area contributed by atoms with Gasteiger partial charge in [0.15, 0.2) is 0 Å². The molecule has 0 heterocycles. The Balaban J connectivity index is 2.04. The molecule has 2 heteroatoms. The maximum atomic E-state index is 13.1. The molecule has 2 unspecified atom stereocenters. The SMILES string of the molecule is CC(F)c1ccc(C2=CCC(CCN)CC2)cc1. The van der Waals surface area contributed by atoms with E-state index in [2.05, 4.69) is 6.08 Å². The molecule has 1 aliphatic carbocycles. The summed E-state index contributed by atoms with van der Waals surface area (Å²) in [7, 11) is 0. The van der Waals surface area contributed by atoms with Crippen LogP contribution in [-0.4, -0.2) is 6.54 Å². The van der Waals surface area contributed by atoms with Crippen LogP contribution in [0.15, 0.2) is 30.3 Å². The lowest BCUT2D eigenvalue weighted by Crippen LogP contribution is -2.11. The number of rotatable bonds is 4. The normalized spacial score (nSPS) is 21.5. The lowest BCUT2D eigenvalue weighted by Gasteiger charge is -2.21. The van der Waals surface area contributed by atoms with Crippen molar-refractivity contribution in [2.75, 3.05) is 6.54 Å². The Labute approximate surface area is 109 Å². The first-order valence-electron chi connectivity index (χ1n) is 6.84. The number of alkyl halides is 1. The van der Waals surface area contributed by atoms with Gasteiger partial charge in [0.2, 0.25) is 0 Å². The topological polar surface area (TPSA) is 26.0 Å². The van der Waals surface area contributed by atoms with E-state index >= 15 is 0 Å². The van der Waals surface area contributed by atoms with Crippen LogP contribution in [0.1, 0.15) is 49.9 Å². The van der Waals surface area contributed by atoms with Crippen molar-refractivity contribution in [3.05, 3.63) is 41.5 Å². The van der Waals surface area contributed by atoms with E-state index in [0.29, 0.717) is 0 Å². The summed E-state index contributed by atoms with van der Waals surface area (Å²) < 4.78 is 13.1. The van der Waals surface area contributed by atoms with E-state index in [0.717, 1.165) is 37.3 Å². The molecule has 0 aliphatic heterocycles. The largest absolute Gasteiger partial charge is 0.330 e. The molecule has 2 N–H and O–H groups in total. The average Bonchev–Trinajstić information content (AvgIpc) is 2.40. The van der Waals surface area contributed by atoms with Crippen molar-refractivity contribution in [1.82, 2.24) is 0 Å². The maximum Gasteiger partial charge on any atom is 0.122 e. The molecule has 1 aromatic rings. The highest BCUT2D eigenvalue weighted by Crippen LogP contribution is 2.32. The van der Waals surface area contributed by atoms with Crippen molar-refractivity contribution in [2.45, 2.75) is 38.8 Å². The molecule has 0 bridgehead atoms. The second-order valence-electron chi connectivity index (χ2n) is 5.19. The minimum absolute atomic E-state index is 0.754. The molecule has 0 fully saturated rings. The summed E-state index contributed by atoms with van der Waals surface area (Å²) in [6, 6.07) is 7.88. The summed E-state index contributed by atoms with van der Waals surface area (Å²) in [6.07, 6.45) is 6.06. The van der Waals surface area contributed by atoms with E-state index in [-0.39, 0.29) is 0 Å². The van der Waals surface area contributed by atoms with Crippen LogP contribution in [0.4, 0.5) is 4.39 Å². The minimum Gasteiger partial charge on any atom is -0.330 e. The van der Waals surface area contributed by atoms with Crippen LogP contribution in [0.3, 0.4) is 0 Å². The van der Waals surface area contributed by atoms with Crippen molar-refractivity contribution in [2.24, 2.45) is 11.7 Å². The van der Waals surface area contributed by atoms with Crippen molar-refractivity contribution >= 4 is 5.57 Å². The van der Waals surface area contributed by atoms with Gasteiger partial charge in [0, 0.05) is 0 Å². The molecule has 0 saturated heterocycles. The summed E-state index contributed by atoms with van der Waals surface area (Å²) in [6.45, 7) is 2.36. The maximum absolute atomic E-state index is 13.1. The summed E-state index contributed by atoms with van der Waals surface area (Å²) in [4.78, 5) is 0. The molecule has 0 radical (unpaired) electrons. The molecule has 2 rings (SSSR count). The first-order valence-corrected chi connectivity index (χ1v) is 6.84. The number of allylic oxidation sites excluding steroid dienone is 2. The Morgan fingerprint density at radius 3 is 2.56 bits per heavy atom. The fourth-order valence-corrected chi connectivity index (χ4v) is 2.61. The summed E-state index contributed by atoms with van der Waals surface area (Å²) in [5.74, 6) is 0.754. The van der Waals surface area contributed by atoms with Gasteiger partial charge in [0.25, 0.3) is 0 Å². The predicted molar refractivity (Wildman–Crippen MR) is 75.0 cm³/mol. The average molecular weight is 247 g/mol.